The molecule has 0 unspecified atom stereocenters. The number of imidazole rings is 1. The van der Waals surface area contributed by atoms with Gasteiger partial charge in [0, 0.05) is 5.56 Å². The van der Waals surface area contributed by atoms with Gasteiger partial charge in [-0.3, -0.25) is 0 Å². The Labute approximate surface area is 103 Å². The topological polar surface area (TPSA) is 28.7 Å². The molecule has 0 atom stereocenters. The van der Waals surface area contributed by atoms with Crippen molar-refractivity contribution in [2.75, 3.05) is 0 Å². The van der Waals surface area contributed by atoms with E-state index in [1.54, 1.807) is 11.1 Å². The van der Waals surface area contributed by atoms with Gasteiger partial charge < -0.3 is 4.98 Å². The molecule has 0 aliphatic rings. The van der Waals surface area contributed by atoms with Gasteiger partial charge in [-0.1, -0.05) is 30.3 Å². The first-order chi connectivity index (χ1) is 8.69. The molecule has 0 fully saturated rings. The van der Waals surface area contributed by atoms with E-state index in [9.17, 15) is 26.3 Å². The van der Waals surface area contributed by atoms with E-state index < -0.39 is 29.6 Å². The molecular formula is C11H6F6N2. The van der Waals surface area contributed by atoms with E-state index in [4.69, 9.17) is 0 Å². The molecule has 0 aliphatic heterocycles. The quantitative estimate of drug-likeness (QED) is 0.782. The van der Waals surface area contributed by atoms with Gasteiger partial charge in [-0.2, -0.15) is 26.3 Å². The number of aromatic amines is 1. The van der Waals surface area contributed by atoms with Gasteiger partial charge in [0.05, 0.1) is 0 Å². The zero-order valence-electron chi connectivity index (χ0n) is 9.10. The minimum atomic E-state index is -5.17. The minimum absolute atomic E-state index is 0.142. The summed E-state index contributed by atoms with van der Waals surface area (Å²) in [6.45, 7) is 0. The van der Waals surface area contributed by atoms with Crippen LogP contribution < -0.4 is 0 Å². The zero-order chi connectivity index (χ0) is 14.3. The average Bonchev–Trinajstić information content (AvgIpc) is 2.74. The Hall–Kier alpha value is -1.99. The molecule has 0 aliphatic carbocycles. The maximum atomic E-state index is 12.5. The molecule has 19 heavy (non-hydrogen) atoms. The molecule has 0 amide bonds. The van der Waals surface area contributed by atoms with Crippen molar-refractivity contribution < 1.29 is 26.3 Å². The third-order valence-electron chi connectivity index (χ3n) is 2.30. The van der Waals surface area contributed by atoms with Crippen LogP contribution >= 0.6 is 0 Å². The van der Waals surface area contributed by atoms with Crippen molar-refractivity contribution in [3.05, 3.63) is 41.7 Å². The summed E-state index contributed by atoms with van der Waals surface area (Å²) in [5.41, 5.74) is -3.71. The highest BCUT2D eigenvalue weighted by atomic mass is 19.4. The molecule has 1 aromatic heterocycles. The Bertz CT molecular complexity index is 536. The molecule has 0 saturated carbocycles. The molecule has 0 bridgehead atoms. The van der Waals surface area contributed by atoms with E-state index in [1.165, 1.54) is 24.3 Å². The fraction of sp³-hybridized carbons (Fsp3) is 0.182. The van der Waals surface area contributed by atoms with E-state index in [-0.39, 0.29) is 5.56 Å². The average molecular weight is 280 g/mol. The molecule has 2 rings (SSSR count). The van der Waals surface area contributed by atoms with Gasteiger partial charge in [0.25, 0.3) is 0 Å². The lowest BCUT2D eigenvalue weighted by Crippen LogP contribution is -2.16. The van der Waals surface area contributed by atoms with Crippen LogP contribution in [0.4, 0.5) is 26.3 Å². The Balaban J connectivity index is 2.59. The van der Waals surface area contributed by atoms with Gasteiger partial charge in [-0.25, -0.2) is 4.98 Å². The maximum Gasteiger partial charge on any atom is 0.435 e. The molecule has 102 valence electrons. The van der Waals surface area contributed by atoms with Crippen LogP contribution in [-0.4, -0.2) is 9.97 Å². The summed E-state index contributed by atoms with van der Waals surface area (Å²) >= 11 is 0. The predicted molar refractivity (Wildman–Crippen MR) is 54.0 cm³/mol. The second kappa shape index (κ2) is 4.29. The first-order valence-electron chi connectivity index (χ1n) is 4.99. The van der Waals surface area contributed by atoms with E-state index in [0.717, 1.165) is 0 Å². The third kappa shape index (κ3) is 2.72. The number of halogens is 6. The lowest BCUT2D eigenvalue weighted by atomic mass is 10.2. The van der Waals surface area contributed by atoms with Crippen LogP contribution in [0.2, 0.25) is 0 Å². The van der Waals surface area contributed by atoms with Gasteiger partial charge in [-0.05, 0) is 0 Å². The van der Waals surface area contributed by atoms with Crippen LogP contribution in [0.1, 0.15) is 11.4 Å². The molecule has 1 N–H and O–H groups in total. The standard InChI is InChI=1S/C11H6F6N2/c12-10(13,14)7-8(11(15,16)17)19-9(18-7)6-4-2-1-3-5-6/h1-5H,(H,18,19). The summed E-state index contributed by atoms with van der Waals surface area (Å²) in [6.07, 6.45) is -10.3. The highest BCUT2D eigenvalue weighted by Gasteiger charge is 2.46. The lowest BCUT2D eigenvalue weighted by Gasteiger charge is -2.08. The largest absolute Gasteiger partial charge is 0.435 e. The van der Waals surface area contributed by atoms with E-state index >= 15 is 0 Å². The normalized spacial score (nSPS) is 12.7. The number of rotatable bonds is 1. The molecule has 0 radical (unpaired) electrons. The van der Waals surface area contributed by atoms with E-state index in [2.05, 4.69) is 4.98 Å². The van der Waals surface area contributed by atoms with Crippen LogP contribution in [0.3, 0.4) is 0 Å². The SMILES string of the molecule is FC(F)(F)c1nc(-c2ccccc2)[nH]c1C(F)(F)F. The van der Waals surface area contributed by atoms with Gasteiger partial charge in [-0.15, -0.1) is 0 Å². The minimum Gasteiger partial charge on any atom is -0.334 e. The van der Waals surface area contributed by atoms with Crippen LogP contribution in [0.15, 0.2) is 30.3 Å². The molecule has 0 spiro atoms. The van der Waals surface area contributed by atoms with E-state index in [1.807, 2.05) is 0 Å². The molecule has 1 aromatic carbocycles. The van der Waals surface area contributed by atoms with Gasteiger partial charge in [0.1, 0.15) is 5.82 Å². The summed E-state index contributed by atoms with van der Waals surface area (Å²) in [5.74, 6) is -0.472. The van der Waals surface area contributed by atoms with Crippen molar-refractivity contribution in [1.82, 2.24) is 9.97 Å². The highest BCUT2D eigenvalue weighted by molar-refractivity contribution is 5.56. The number of aromatic nitrogens is 2. The Morgan fingerprint density at radius 1 is 0.842 bits per heavy atom. The second-order valence-electron chi connectivity index (χ2n) is 3.67. The fourth-order valence-electron chi connectivity index (χ4n) is 1.52. The predicted octanol–water partition coefficient (Wildman–Crippen LogP) is 4.11. The van der Waals surface area contributed by atoms with Gasteiger partial charge in [0.2, 0.25) is 0 Å². The molecule has 8 heteroatoms. The number of nitrogens with zero attached hydrogens (tertiary/aromatic N) is 1. The maximum absolute atomic E-state index is 12.5. The molecular weight excluding hydrogens is 274 g/mol. The van der Waals surface area contributed by atoms with Crippen LogP contribution in [0.25, 0.3) is 11.4 Å². The van der Waals surface area contributed by atoms with Crippen LogP contribution in [-0.2, 0) is 12.4 Å². The highest BCUT2D eigenvalue weighted by Crippen LogP contribution is 2.39. The fourth-order valence-corrected chi connectivity index (χ4v) is 1.52. The Morgan fingerprint density at radius 3 is 1.84 bits per heavy atom. The van der Waals surface area contributed by atoms with Crippen molar-refractivity contribution in [2.45, 2.75) is 12.4 Å². The number of hydrogen-bond donors (Lipinski definition) is 1. The summed E-state index contributed by atoms with van der Waals surface area (Å²) in [5, 5.41) is 0. The zero-order valence-corrected chi connectivity index (χ0v) is 9.10. The van der Waals surface area contributed by atoms with Crippen molar-refractivity contribution in [1.29, 1.82) is 0 Å². The number of hydrogen-bond acceptors (Lipinski definition) is 1. The van der Waals surface area contributed by atoms with E-state index in [0.29, 0.717) is 0 Å². The summed E-state index contributed by atoms with van der Waals surface area (Å²) in [7, 11) is 0. The number of benzene rings is 1. The first kappa shape index (κ1) is 13.4. The van der Waals surface area contributed by atoms with Crippen molar-refractivity contribution in [3.8, 4) is 11.4 Å². The number of nitrogens with one attached hydrogen (secondary N) is 1. The number of H-pyrrole nitrogens is 1. The second-order valence-corrected chi connectivity index (χ2v) is 3.67. The molecule has 2 aromatic rings. The summed E-state index contributed by atoms with van der Waals surface area (Å²) < 4.78 is 75.2. The van der Waals surface area contributed by atoms with Crippen molar-refractivity contribution >= 4 is 0 Å². The van der Waals surface area contributed by atoms with Crippen LogP contribution in [0, 0.1) is 0 Å². The Morgan fingerprint density at radius 2 is 1.42 bits per heavy atom. The molecule has 2 nitrogen and oxygen atoms in total. The van der Waals surface area contributed by atoms with Crippen molar-refractivity contribution in [2.24, 2.45) is 0 Å². The van der Waals surface area contributed by atoms with Crippen molar-refractivity contribution in [3.63, 3.8) is 0 Å². The summed E-state index contributed by atoms with van der Waals surface area (Å²) in [6, 6.07) is 7.27. The Kier molecular flexibility index (Phi) is 3.03. The monoisotopic (exact) mass is 280 g/mol. The van der Waals surface area contributed by atoms with Gasteiger partial charge in [0.15, 0.2) is 11.4 Å². The van der Waals surface area contributed by atoms with Gasteiger partial charge >= 0.3 is 12.4 Å². The smallest absolute Gasteiger partial charge is 0.334 e. The number of alkyl halides is 6. The summed E-state index contributed by atoms with van der Waals surface area (Å²) in [4.78, 5) is 4.71. The molecule has 1 heterocycles. The van der Waals surface area contributed by atoms with Crippen LogP contribution in [0.5, 0.6) is 0 Å². The lowest BCUT2D eigenvalue weighted by molar-refractivity contribution is -0.165. The molecule has 0 saturated heterocycles. The third-order valence-corrected chi connectivity index (χ3v) is 2.30. The first-order valence-corrected chi connectivity index (χ1v) is 4.99.